The molecule has 17 heavy (non-hydrogen) atoms. The van der Waals surface area contributed by atoms with Crippen molar-refractivity contribution < 1.29 is 9.90 Å². The third-order valence-corrected chi connectivity index (χ3v) is 2.99. The van der Waals surface area contributed by atoms with E-state index >= 15 is 0 Å². The molecule has 0 radical (unpaired) electrons. The SMILES string of the molecule is Cc1ccc(N2CCN(C(=O)CO)CC2)nc1. The van der Waals surface area contributed by atoms with E-state index in [1.54, 1.807) is 4.90 Å². The lowest BCUT2D eigenvalue weighted by atomic mass is 10.2. The summed E-state index contributed by atoms with van der Waals surface area (Å²) in [4.78, 5) is 19.5. The first-order valence-corrected chi connectivity index (χ1v) is 5.77. The third-order valence-electron chi connectivity index (χ3n) is 2.99. The summed E-state index contributed by atoms with van der Waals surface area (Å²) in [5.41, 5.74) is 1.14. The largest absolute Gasteiger partial charge is 0.387 e. The molecule has 0 saturated carbocycles. The monoisotopic (exact) mass is 235 g/mol. The van der Waals surface area contributed by atoms with Crippen LogP contribution in [0.1, 0.15) is 5.56 Å². The molecule has 5 nitrogen and oxygen atoms in total. The number of nitrogens with zero attached hydrogens (tertiary/aromatic N) is 3. The summed E-state index contributed by atoms with van der Waals surface area (Å²) in [6.07, 6.45) is 1.85. The van der Waals surface area contributed by atoms with Crippen LogP contribution < -0.4 is 4.90 Å². The Morgan fingerprint density at radius 3 is 2.59 bits per heavy atom. The van der Waals surface area contributed by atoms with E-state index in [-0.39, 0.29) is 5.91 Å². The molecule has 0 spiro atoms. The minimum absolute atomic E-state index is 0.193. The molecule has 1 fully saturated rings. The predicted molar refractivity (Wildman–Crippen MR) is 64.9 cm³/mol. The number of aromatic nitrogens is 1. The quantitative estimate of drug-likeness (QED) is 0.786. The van der Waals surface area contributed by atoms with Gasteiger partial charge in [-0.3, -0.25) is 4.79 Å². The molecule has 1 aromatic rings. The molecule has 1 N–H and O–H groups in total. The lowest BCUT2D eigenvalue weighted by Crippen LogP contribution is -2.49. The summed E-state index contributed by atoms with van der Waals surface area (Å²) in [5.74, 6) is 0.758. The number of hydrogen-bond donors (Lipinski definition) is 1. The molecule has 0 atom stereocenters. The van der Waals surface area contributed by atoms with Crippen LogP contribution in [0.25, 0.3) is 0 Å². The number of rotatable bonds is 2. The molecule has 0 aromatic carbocycles. The van der Waals surface area contributed by atoms with Crippen molar-refractivity contribution in [2.45, 2.75) is 6.92 Å². The van der Waals surface area contributed by atoms with Crippen molar-refractivity contribution in [1.82, 2.24) is 9.88 Å². The highest BCUT2D eigenvalue weighted by atomic mass is 16.3. The van der Waals surface area contributed by atoms with Crippen LogP contribution in [0.5, 0.6) is 0 Å². The molecular weight excluding hydrogens is 218 g/mol. The van der Waals surface area contributed by atoms with Crippen molar-refractivity contribution in [3.63, 3.8) is 0 Å². The van der Waals surface area contributed by atoms with Crippen LogP contribution in [0, 0.1) is 6.92 Å². The second-order valence-corrected chi connectivity index (χ2v) is 4.22. The lowest BCUT2D eigenvalue weighted by molar-refractivity contribution is -0.134. The molecule has 0 unspecified atom stereocenters. The van der Waals surface area contributed by atoms with Gasteiger partial charge in [0.1, 0.15) is 12.4 Å². The highest BCUT2D eigenvalue weighted by Crippen LogP contribution is 2.13. The van der Waals surface area contributed by atoms with Crippen molar-refractivity contribution in [3.05, 3.63) is 23.9 Å². The molecule has 1 amide bonds. The summed E-state index contributed by atoms with van der Waals surface area (Å²) in [6, 6.07) is 4.03. The maximum Gasteiger partial charge on any atom is 0.248 e. The predicted octanol–water partition coefficient (Wildman–Crippen LogP) is 0.0309. The molecule has 2 heterocycles. The maximum absolute atomic E-state index is 11.3. The van der Waals surface area contributed by atoms with Crippen molar-refractivity contribution in [3.8, 4) is 0 Å². The van der Waals surface area contributed by atoms with Crippen LogP contribution in [-0.2, 0) is 4.79 Å². The highest BCUT2D eigenvalue weighted by molar-refractivity contribution is 5.77. The fraction of sp³-hybridized carbons (Fsp3) is 0.500. The minimum Gasteiger partial charge on any atom is -0.387 e. The van der Waals surface area contributed by atoms with E-state index in [4.69, 9.17) is 5.11 Å². The number of aryl methyl sites for hydroxylation is 1. The van der Waals surface area contributed by atoms with Gasteiger partial charge in [0, 0.05) is 32.4 Å². The minimum atomic E-state index is -0.400. The van der Waals surface area contributed by atoms with Gasteiger partial charge < -0.3 is 14.9 Å². The number of pyridine rings is 1. The van der Waals surface area contributed by atoms with Gasteiger partial charge >= 0.3 is 0 Å². The van der Waals surface area contributed by atoms with E-state index in [9.17, 15) is 4.79 Å². The van der Waals surface area contributed by atoms with Crippen LogP contribution in [0.3, 0.4) is 0 Å². The van der Waals surface area contributed by atoms with E-state index in [1.165, 1.54) is 0 Å². The first-order valence-electron chi connectivity index (χ1n) is 5.77. The Balaban J connectivity index is 1.95. The summed E-state index contributed by atoms with van der Waals surface area (Å²) in [7, 11) is 0. The number of anilines is 1. The van der Waals surface area contributed by atoms with Crippen molar-refractivity contribution >= 4 is 11.7 Å². The topological polar surface area (TPSA) is 56.7 Å². The highest BCUT2D eigenvalue weighted by Gasteiger charge is 2.20. The molecule has 92 valence electrons. The number of carbonyl (C=O) groups excluding carboxylic acids is 1. The smallest absolute Gasteiger partial charge is 0.248 e. The van der Waals surface area contributed by atoms with Gasteiger partial charge in [0.15, 0.2) is 0 Å². The van der Waals surface area contributed by atoms with Gasteiger partial charge in [-0.15, -0.1) is 0 Å². The van der Waals surface area contributed by atoms with E-state index in [0.29, 0.717) is 13.1 Å². The molecule has 1 saturated heterocycles. The number of amides is 1. The summed E-state index contributed by atoms with van der Waals surface area (Å²) < 4.78 is 0. The van der Waals surface area contributed by atoms with Gasteiger partial charge in [-0.1, -0.05) is 6.07 Å². The molecule has 2 rings (SSSR count). The fourth-order valence-corrected chi connectivity index (χ4v) is 1.93. The zero-order valence-corrected chi connectivity index (χ0v) is 9.96. The number of carbonyl (C=O) groups is 1. The summed E-state index contributed by atoms with van der Waals surface area (Å²) in [6.45, 7) is 4.44. The van der Waals surface area contributed by atoms with E-state index in [0.717, 1.165) is 24.5 Å². The van der Waals surface area contributed by atoms with Gasteiger partial charge in [-0.25, -0.2) is 4.98 Å². The number of aliphatic hydroxyl groups excluding tert-OH is 1. The number of hydrogen-bond acceptors (Lipinski definition) is 4. The summed E-state index contributed by atoms with van der Waals surface area (Å²) >= 11 is 0. The Morgan fingerprint density at radius 2 is 2.06 bits per heavy atom. The zero-order valence-electron chi connectivity index (χ0n) is 9.96. The van der Waals surface area contributed by atoms with Gasteiger partial charge in [-0.2, -0.15) is 0 Å². The molecule has 1 aromatic heterocycles. The van der Waals surface area contributed by atoms with Crippen LogP contribution in [0.15, 0.2) is 18.3 Å². The zero-order chi connectivity index (χ0) is 12.3. The average molecular weight is 235 g/mol. The van der Waals surface area contributed by atoms with Crippen LogP contribution in [0.2, 0.25) is 0 Å². The van der Waals surface area contributed by atoms with Crippen molar-refractivity contribution in [2.75, 3.05) is 37.7 Å². The normalized spacial score (nSPS) is 16.1. The standard InChI is InChI=1S/C12H17N3O2/c1-10-2-3-11(13-8-10)14-4-6-15(7-5-14)12(17)9-16/h2-3,8,16H,4-7,9H2,1H3. The van der Waals surface area contributed by atoms with Gasteiger partial charge in [-0.05, 0) is 18.6 Å². The van der Waals surface area contributed by atoms with Crippen molar-refractivity contribution in [1.29, 1.82) is 0 Å². The Hall–Kier alpha value is -1.62. The maximum atomic E-state index is 11.3. The van der Waals surface area contributed by atoms with Crippen LogP contribution in [-0.4, -0.2) is 53.7 Å². The van der Waals surface area contributed by atoms with Gasteiger partial charge in [0.25, 0.3) is 0 Å². The van der Waals surface area contributed by atoms with Crippen LogP contribution >= 0.6 is 0 Å². The molecule has 1 aliphatic rings. The molecule has 0 aliphatic carbocycles. The van der Waals surface area contributed by atoms with E-state index in [2.05, 4.69) is 9.88 Å². The molecular formula is C12H17N3O2. The third kappa shape index (κ3) is 2.74. The first kappa shape index (κ1) is 11.9. The van der Waals surface area contributed by atoms with Gasteiger partial charge in [0.05, 0.1) is 0 Å². The summed E-state index contributed by atoms with van der Waals surface area (Å²) in [5, 5.41) is 8.78. The Morgan fingerprint density at radius 1 is 1.35 bits per heavy atom. The first-order chi connectivity index (χ1) is 8.20. The molecule has 0 bridgehead atoms. The molecule has 5 heteroatoms. The second-order valence-electron chi connectivity index (χ2n) is 4.22. The van der Waals surface area contributed by atoms with E-state index in [1.807, 2.05) is 25.3 Å². The van der Waals surface area contributed by atoms with E-state index < -0.39 is 6.61 Å². The second kappa shape index (κ2) is 5.14. The number of aliphatic hydroxyl groups is 1. The number of piperazine rings is 1. The molecule has 1 aliphatic heterocycles. The average Bonchev–Trinajstić information content (AvgIpc) is 2.39. The lowest BCUT2D eigenvalue weighted by Gasteiger charge is -2.35. The van der Waals surface area contributed by atoms with Gasteiger partial charge in [0.2, 0.25) is 5.91 Å². The Bertz CT molecular complexity index is 383. The van der Waals surface area contributed by atoms with Crippen LogP contribution in [0.4, 0.5) is 5.82 Å². The Labute approximate surface area is 101 Å². The Kier molecular flexibility index (Phi) is 3.58. The van der Waals surface area contributed by atoms with Crippen molar-refractivity contribution in [2.24, 2.45) is 0 Å². The fourth-order valence-electron chi connectivity index (χ4n) is 1.93.